The fourth-order valence-electron chi connectivity index (χ4n) is 8.95. The lowest BCUT2D eigenvalue weighted by molar-refractivity contribution is 0.360. The van der Waals surface area contributed by atoms with Gasteiger partial charge in [0.05, 0.1) is 0 Å². The Bertz CT molecular complexity index is 3330. The number of nitrogens with zero attached hydrogens (tertiary/aromatic N) is 3. The summed E-state index contributed by atoms with van der Waals surface area (Å²) in [6.07, 6.45) is 0. The first kappa shape index (κ1) is 34.2. The fourth-order valence-corrected chi connectivity index (χ4v) is 8.95. The third-order valence-corrected chi connectivity index (χ3v) is 12.0. The first-order valence-electron chi connectivity index (χ1n) is 20.2. The molecule has 2 aliphatic rings. The van der Waals surface area contributed by atoms with Crippen LogP contribution in [-0.4, -0.2) is 15.0 Å². The highest BCUT2D eigenvalue weighted by Crippen LogP contribution is 2.56. The number of rotatable bonds is 5. The summed E-state index contributed by atoms with van der Waals surface area (Å²) < 4.78 is 19.6. The van der Waals surface area contributed by atoms with E-state index in [9.17, 15) is 0 Å². The lowest BCUT2D eigenvalue weighted by atomic mass is 9.82. The molecule has 2 aromatic heterocycles. The minimum atomic E-state index is -0.149. The first-order chi connectivity index (χ1) is 29.5. The van der Waals surface area contributed by atoms with Crippen molar-refractivity contribution in [1.82, 2.24) is 15.0 Å². The molecule has 0 saturated carbocycles. The van der Waals surface area contributed by atoms with E-state index in [0.29, 0.717) is 29.0 Å². The Morgan fingerprint density at radius 2 is 0.933 bits per heavy atom. The van der Waals surface area contributed by atoms with Gasteiger partial charge in [-0.15, -0.1) is 0 Å². The molecule has 0 atom stereocenters. The van der Waals surface area contributed by atoms with Gasteiger partial charge in [0, 0.05) is 44.0 Å². The monoisotopic (exact) mass is 773 g/mol. The van der Waals surface area contributed by atoms with Crippen LogP contribution in [0.15, 0.2) is 180 Å². The van der Waals surface area contributed by atoms with Gasteiger partial charge in [0.2, 0.25) is 0 Å². The molecule has 8 aromatic carbocycles. The van der Waals surface area contributed by atoms with E-state index in [4.69, 9.17) is 28.8 Å². The van der Waals surface area contributed by atoms with Crippen molar-refractivity contribution in [3.05, 3.63) is 187 Å². The molecule has 6 heteroatoms. The van der Waals surface area contributed by atoms with Crippen molar-refractivity contribution in [2.24, 2.45) is 0 Å². The Hall–Kier alpha value is -7.83. The average molecular weight is 774 g/mol. The van der Waals surface area contributed by atoms with Crippen molar-refractivity contribution in [3.63, 3.8) is 0 Å². The number of hydrogen-bond acceptors (Lipinski definition) is 6. The zero-order valence-electron chi connectivity index (χ0n) is 32.8. The largest absolute Gasteiger partial charge is 0.455 e. The van der Waals surface area contributed by atoms with Gasteiger partial charge in [-0.1, -0.05) is 166 Å². The van der Waals surface area contributed by atoms with Crippen LogP contribution in [0.1, 0.15) is 25.0 Å². The van der Waals surface area contributed by atoms with E-state index in [-0.39, 0.29) is 5.41 Å². The Labute approximate surface area is 346 Å². The summed E-state index contributed by atoms with van der Waals surface area (Å²) in [6, 6.07) is 60.1. The molecule has 0 spiro atoms. The lowest BCUT2D eigenvalue weighted by Crippen LogP contribution is -2.15. The summed E-state index contributed by atoms with van der Waals surface area (Å²) >= 11 is 0. The minimum absolute atomic E-state index is 0.149. The first-order valence-corrected chi connectivity index (χ1v) is 20.2. The molecule has 10 aromatic rings. The Kier molecular flexibility index (Phi) is 7.47. The summed E-state index contributed by atoms with van der Waals surface area (Å²) in [5.74, 6) is 4.61. The van der Waals surface area contributed by atoms with Crippen LogP contribution >= 0.6 is 0 Å². The lowest BCUT2D eigenvalue weighted by Gasteiger charge is -2.26. The topological polar surface area (TPSA) is 70.3 Å². The number of fused-ring (bicyclic) bond motifs is 8. The van der Waals surface area contributed by atoms with E-state index in [1.54, 1.807) is 0 Å². The molecule has 0 fully saturated rings. The highest BCUT2D eigenvalue weighted by atomic mass is 16.6. The third-order valence-electron chi connectivity index (χ3n) is 12.0. The van der Waals surface area contributed by atoms with Crippen LogP contribution in [-0.2, 0) is 5.41 Å². The molecule has 0 radical (unpaired) electrons. The van der Waals surface area contributed by atoms with Gasteiger partial charge in [0.15, 0.2) is 40.5 Å². The van der Waals surface area contributed by atoms with Crippen LogP contribution in [0.2, 0.25) is 0 Å². The van der Waals surface area contributed by atoms with Crippen molar-refractivity contribution in [2.75, 3.05) is 0 Å². The smallest absolute Gasteiger partial charge is 0.177 e. The van der Waals surface area contributed by atoms with Gasteiger partial charge in [-0.05, 0) is 57.6 Å². The van der Waals surface area contributed by atoms with Crippen molar-refractivity contribution >= 4 is 21.9 Å². The summed E-state index contributed by atoms with van der Waals surface area (Å²) in [4.78, 5) is 15.0. The average Bonchev–Trinajstić information content (AvgIpc) is 3.79. The predicted octanol–water partition coefficient (Wildman–Crippen LogP) is 14.3. The quantitative estimate of drug-likeness (QED) is 0.173. The number of ether oxygens (including phenoxy) is 2. The van der Waals surface area contributed by atoms with Crippen LogP contribution in [0.5, 0.6) is 23.0 Å². The predicted molar refractivity (Wildman–Crippen MR) is 238 cm³/mol. The van der Waals surface area contributed by atoms with Crippen LogP contribution in [0.3, 0.4) is 0 Å². The SMILES string of the molecule is CC1(C)c2ccccc2-c2cc3c(cc21)Oc1c(cccc1-c1ccc(-c2nc(-c4ccccc4)nc(-c4ccc(-c5cccc6c5oc5ccccc56)cc4)n2)cc1)O3. The van der Waals surface area contributed by atoms with Crippen LogP contribution < -0.4 is 9.47 Å². The van der Waals surface area contributed by atoms with Crippen molar-refractivity contribution < 1.29 is 13.9 Å². The van der Waals surface area contributed by atoms with Crippen molar-refractivity contribution in [3.8, 4) is 90.5 Å². The zero-order valence-corrected chi connectivity index (χ0v) is 32.8. The molecule has 0 N–H and O–H groups in total. The maximum atomic E-state index is 6.73. The minimum Gasteiger partial charge on any atom is -0.455 e. The van der Waals surface area contributed by atoms with E-state index in [1.807, 2.05) is 60.7 Å². The number of aromatic nitrogens is 3. The highest BCUT2D eigenvalue weighted by molar-refractivity contribution is 6.09. The number of furan rings is 1. The number of para-hydroxylation sites is 3. The van der Waals surface area contributed by atoms with Gasteiger partial charge in [-0.2, -0.15) is 0 Å². The zero-order chi connectivity index (χ0) is 40.0. The standard InChI is InChI=1S/C54H35N3O3/c1-54(2)43-19-8-6-14-39(43)42-30-47-48(31-44(42)54)60-50-38(17-11-21-46(50)58-47)33-24-28-36(29-25-33)53-56-51(34-12-4-3-5-13-34)55-52(57-53)35-26-22-32(23-27-35)37-16-10-18-41-40-15-7-9-20-45(40)59-49(37)41/h3-31H,1-2H3. The molecule has 60 heavy (non-hydrogen) atoms. The summed E-state index contributed by atoms with van der Waals surface area (Å²) in [7, 11) is 0. The molecule has 1 aliphatic heterocycles. The third kappa shape index (κ3) is 5.38. The van der Waals surface area contributed by atoms with E-state index in [1.165, 1.54) is 22.3 Å². The Morgan fingerprint density at radius 3 is 1.68 bits per heavy atom. The molecular formula is C54H35N3O3. The van der Waals surface area contributed by atoms with E-state index in [0.717, 1.165) is 72.4 Å². The molecule has 0 bridgehead atoms. The molecule has 0 saturated heterocycles. The van der Waals surface area contributed by atoms with Gasteiger partial charge in [-0.3, -0.25) is 0 Å². The van der Waals surface area contributed by atoms with Crippen molar-refractivity contribution in [1.29, 1.82) is 0 Å². The van der Waals surface area contributed by atoms with Gasteiger partial charge in [-0.25, -0.2) is 15.0 Å². The van der Waals surface area contributed by atoms with Crippen LogP contribution in [0.25, 0.3) is 89.5 Å². The molecule has 3 heterocycles. The summed E-state index contributed by atoms with van der Waals surface area (Å²) in [5, 5.41) is 2.21. The van der Waals surface area contributed by atoms with E-state index < -0.39 is 0 Å². The Morgan fingerprint density at radius 1 is 0.383 bits per heavy atom. The second-order valence-electron chi connectivity index (χ2n) is 16.0. The maximum Gasteiger partial charge on any atom is 0.177 e. The van der Waals surface area contributed by atoms with Crippen LogP contribution in [0, 0.1) is 0 Å². The van der Waals surface area contributed by atoms with Gasteiger partial charge in [0.1, 0.15) is 11.2 Å². The van der Waals surface area contributed by atoms with Crippen LogP contribution in [0.4, 0.5) is 0 Å². The Balaban J connectivity index is 0.883. The molecule has 6 nitrogen and oxygen atoms in total. The second kappa shape index (κ2) is 13.1. The van der Waals surface area contributed by atoms with Gasteiger partial charge < -0.3 is 13.9 Å². The summed E-state index contributed by atoms with van der Waals surface area (Å²) in [6.45, 7) is 4.54. The molecule has 0 unspecified atom stereocenters. The van der Waals surface area contributed by atoms with Gasteiger partial charge in [0.25, 0.3) is 0 Å². The number of hydrogen-bond donors (Lipinski definition) is 0. The maximum absolute atomic E-state index is 6.73. The normalized spacial score (nSPS) is 13.2. The number of benzene rings is 8. The highest BCUT2D eigenvalue weighted by Gasteiger charge is 2.37. The van der Waals surface area contributed by atoms with E-state index >= 15 is 0 Å². The molecular weight excluding hydrogens is 739 g/mol. The molecule has 1 aliphatic carbocycles. The fraction of sp³-hybridized carbons (Fsp3) is 0.0556. The van der Waals surface area contributed by atoms with E-state index in [2.05, 4.69) is 129 Å². The molecule has 284 valence electrons. The van der Waals surface area contributed by atoms with Gasteiger partial charge >= 0.3 is 0 Å². The van der Waals surface area contributed by atoms with Crippen molar-refractivity contribution in [2.45, 2.75) is 19.3 Å². The molecule has 12 rings (SSSR count). The molecule has 0 amide bonds. The summed E-state index contributed by atoms with van der Waals surface area (Å²) in [5.41, 5.74) is 13.3. The second-order valence-corrected chi connectivity index (χ2v) is 16.0.